The molecule has 30 heavy (non-hydrogen) atoms. The van der Waals surface area contributed by atoms with Gasteiger partial charge >= 0.3 is 0 Å². The summed E-state index contributed by atoms with van der Waals surface area (Å²) in [7, 11) is 0. The van der Waals surface area contributed by atoms with E-state index in [1.807, 2.05) is 27.7 Å². The maximum atomic E-state index is 11.8. The first-order chi connectivity index (χ1) is 13.8. The summed E-state index contributed by atoms with van der Waals surface area (Å²) >= 11 is 0. The Labute approximate surface area is 185 Å². The topological polar surface area (TPSA) is 94.0 Å². The first-order valence-electron chi connectivity index (χ1n) is 12.0. The van der Waals surface area contributed by atoms with Gasteiger partial charge in [-0.3, -0.25) is 0 Å². The van der Waals surface area contributed by atoms with Crippen LogP contribution in [0.4, 0.5) is 0 Å². The van der Waals surface area contributed by atoms with Gasteiger partial charge in [0.25, 0.3) is 0 Å². The van der Waals surface area contributed by atoms with E-state index in [2.05, 4.69) is 38.3 Å². The van der Waals surface area contributed by atoms with Crippen molar-refractivity contribution in [2.24, 2.45) is 17.8 Å². The average molecular weight is 431 g/mol. The zero-order valence-electron chi connectivity index (χ0n) is 20.7. The Morgan fingerprint density at radius 2 is 1.73 bits per heavy atom. The van der Waals surface area contributed by atoms with Crippen molar-refractivity contribution in [2.75, 3.05) is 19.7 Å². The van der Waals surface area contributed by atoms with Crippen LogP contribution in [0, 0.1) is 17.8 Å². The van der Waals surface area contributed by atoms with Crippen molar-refractivity contribution in [3.8, 4) is 0 Å². The van der Waals surface area contributed by atoms with Crippen LogP contribution in [0.3, 0.4) is 0 Å². The summed E-state index contributed by atoms with van der Waals surface area (Å²) in [6, 6.07) is 0.419. The summed E-state index contributed by atoms with van der Waals surface area (Å²) in [6.45, 7) is 17.9. The predicted molar refractivity (Wildman–Crippen MR) is 124 cm³/mol. The molecule has 1 rings (SSSR count). The molecule has 8 atom stereocenters. The molecule has 6 nitrogen and oxygen atoms in total. The second kappa shape index (κ2) is 12.1. The lowest BCUT2D eigenvalue weighted by Crippen LogP contribution is -2.55. The zero-order chi connectivity index (χ0) is 23.1. The van der Waals surface area contributed by atoms with Crippen LogP contribution < -0.4 is 10.6 Å². The molecule has 8 unspecified atom stereocenters. The molecule has 1 aliphatic heterocycles. The number of ether oxygens (including phenoxy) is 1. The van der Waals surface area contributed by atoms with Crippen LogP contribution in [0.25, 0.3) is 0 Å². The Morgan fingerprint density at radius 3 is 2.30 bits per heavy atom. The van der Waals surface area contributed by atoms with Gasteiger partial charge in [0.2, 0.25) is 0 Å². The Kier molecular flexibility index (Phi) is 11.2. The molecule has 1 saturated heterocycles. The molecule has 0 aliphatic carbocycles. The molecular weight excluding hydrogens is 380 g/mol. The van der Waals surface area contributed by atoms with Crippen molar-refractivity contribution in [1.29, 1.82) is 0 Å². The van der Waals surface area contributed by atoms with Crippen LogP contribution in [-0.4, -0.2) is 70.5 Å². The SMILES string of the molecule is CCC1OCC(C)C(O)(CNC(C)C)C(C)CC(C)(O)CC(C)CNC(C)CC1O. The molecule has 0 bridgehead atoms. The largest absolute Gasteiger partial charge is 0.390 e. The highest BCUT2D eigenvalue weighted by atomic mass is 16.5. The van der Waals surface area contributed by atoms with E-state index < -0.39 is 17.3 Å². The van der Waals surface area contributed by atoms with Crippen LogP contribution >= 0.6 is 0 Å². The van der Waals surface area contributed by atoms with Crippen molar-refractivity contribution in [3.05, 3.63) is 0 Å². The maximum absolute atomic E-state index is 11.8. The minimum Gasteiger partial charge on any atom is -0.390 e. The summed E-state index contributed by atoms with van der Waals surface area (Å²) in [5.74, 6) is 0.0231. The van der Waals surface area contributed by atoms with Gasteiger partial charge in [-0.05, 0) is 57.9 Å². The van der Waals surface area contributed by atoms with Crippen LogP contribution in [0.1, 0.15) is 81.1 Å². The van der Waals surface area contributed by atoms with Gasteiger partial charge in [-0.15, -0.1) is 0 Å². The third-order valence-corrected chi connectivity index (χ3v) is 6.84. The summed E-state index contributed by atoms with van der Waals surface area (Å²) in [4.78, 5) is 0. The van der Waals surface area contributed by atoms with E-state index in [0.717, 1.165) is 13.0 Å². The molecule has 0 spiro atoms. The fourth-order valence-corrected chi connectivity index (χ4v) is 4.86. The van der Waals surface area contributed by atoms with Crippen molar-refractivity contribution < 1.29 is 20.1 Å². The first kappa shape index (κ1) is 27.8. The molecule has 1 fully saturated rings. The van der Waals surface area contributed by atoms with Crippen LogP contribution in [0.2, 0.25) is 0 Å². The fraction of sp³-hybridized carbons (Fsp3) is 1.00. The van der Waals surface area contributed by atoms with Gasteiger partial charge in [-0.2, -0.15) is 0 Å². The standard InChI is InChI=1S/C24H50N2O4/c1-9-22-21(27)10-20(7)25-13-17(4)11-23(8,28)12-18(5)24(29,15-26-16(2)3)19(6)14-30-22/h16-22,25-29H,9-15H2,1-8H3. The molecule has 0 aromatic rings. The molecule has 180 valence electrons. The lowest BCUT2D eigenvalue weighted by atomic mass is 9.72. The number of hydrogen-bond donors (Lipinski definition) is 5. The second-order valence-corrected chi connectivity index (χ2v) is 10.7. The zero-order valence-corrected chi connectivity index (χ0v) is 20.7. The summed E-state index contributed by atoms with van der Waals surface area (Å²) < 4.78 is 6.14. The molecule has 6 heteroatoms. The number of hydrogen-bond acceptors (Lipinski definition) is 6. The quantitative estimate of drug-likeness (QED) is 0.471. The number of aliphatic hydroxyl groups excluding tert-OH is 1. The first-order valence-corrected chi connectivity index (χ1v) is 12.0. The van der Waals surface area contributed by atoms with Gasteiger partial charge in [-0.25, -0.2) is 0 Å². The summed E-state index contributed by atoms with van der Waals surface area (Å²) in [6.07, 6.45) is 1.73. The number of rotatable bonds is 4. The third kappa shape index (κ3) is 8.71. The van der Waals surface area contributed by atoms with Crippen molar-refractivity contribution in [1.82, 2.24) is 10.6 Å². The van der Waals surface area contributed by atoms with Crippen molar-refractivity contribution in [3.63, 3.8) is 0 Å². The summed E-state index contributed by atoms with van der Waals surface area (Å²) in [5.41, 5.74) is -1.88. The Hall–Kier alpha value is -0.240. The van der Waals surface area contributed by atoms with Gasteiger partial charge in [0.15, 0.2) is 0 Å². The van der Waals surface area contributed by atoms with E-state index in [4.69, 9.17) is 4.74 Å². The van der Waals surface area contributed by atoms with Gasteiger partial charge in [0, 0.05) is 24.5 Å². The summed E-state index contributed by atoms with van der Waals surface area (Å²) in [5, 5.41) is 40.5. The van der Waals surface area contributed by atoms with E-state index in [1.165, 1.54) is 0 Å². The van der Waals surface area contributed by atoms with E-state index in [0.29, 0.717) is 32.4 Å². The highest BCUT2D eigenvalue weighted by Gasteiger charge is 2.43. The minimum absolute atomic E-state index is 0.119. The van der Waals surface area contributed by atoms with Gasteiger partial charge in [0.05, 0.1) is 30.0 Å². The molecule has 1 heterocycles. The monoisotopic (exact) mass is 430 g/mol. The highest BCUT2D eigenvalue weighted by molar-refractivity contribution is 4.95. The fourth-order valence-electron chi connectivity index (χ4n) is 4.86. The smallest absolute Gasteiger partial charge is 0.0845 e. The average Bonchev–Trinajstić information content (AvgIpc) is 2.63. The van der Waals surface area contributed by atoms with E-state index >= 15 is 0 Å². The maximum Gasteiger partial charge on any atom is 0.0845 e. The van der Waals surface area contributed by atoms with E-state index in [-0.39, 0.29) is 35.9 Å². The minimum atomic E-state index is -1.02. The van der Waals surface area contributed by atoms with E-state index in [1.54, 1.807) is 0 Å². The Bertz CT molecular complexity index is 488. The molecule has 0 aromatic carbocycles. The Morgan fingerprint density at radius 1 is 1.10 bits per heavy atom. The van der Waals surface area contributed by atoms with Crippen molar-refractivity contribution in [2.45, 2.75) is 117 Å². The van der Waals surface area contributed by atoms with Crippen molar-refractivity contribution >= 4 is 0 Å². The molecule has 0 aromatic heterocycles. The molecule has 0 radical (unpaired) electrons. The van der Waals surface area contributed by atoms with E-state index in [9.17, 15) is 15.3 Å². The van der Waals surface area contributed by atoms with Gasteiger partial charge < -0.3 is 30.7 Å². The van der Waals surface area contributed by atoms with Crippen LogP contribution in [-0.2, 0) is 4.74 Å². The molecule has 0 amide bonds. The molecule has 5 N–H and O–H groups in total. The normalized spacial score (nSPS) is 43.2. The predicted octanol–water partition coefficient (Wildman–Crippen LogP) is 2.69. The third-order valence-electron chi connectivity index (χ3n) is 6.84. The van der Waals surface area contributed by atoms with Crippen LogP contribution in [0.15, 0.2) is 0 Å². The second-order valence-electron chi connectivity index (χ2n) is 10.7. The lowest BCUT2D eigenvalue weighted by Gasteiger charge is -2.43. The molecular formula is C24H50N2O4. The van der Waals surface area contributed by atoms with Gasteiger partial charge in [-0.1, -0.05) is 41.5 Å². The molecule has 1 aliphatic rings. The van der Waals surface area contributed by atoms with Gasteiger partial charge in [0.1, 0.15) is 0 Å². The lowest BCUT2D eigenvalue weighted by molar-refractivity contribution is -0.125. The van der Waals surface area contributed by atoms with Crippen LogP contribution in [0.5, 0.6) is 0 Å². The Balaban J connectivity index is 3.14. The highest BCUT2D eigenvalue weighted by Crippen LogP contribution is 2.35. The number of nitrogens with one attached hydrogen (secondary N) is 2. The molecule has 0 saturated carbocycles. The number of aliphatic hydroxyl groups is 3.